The second kappa shape index (κ2) is 14.6. The third-order valence-corrected chi connectivity index (χ3v) is 0.500. The molecular weight excluding hydrogens is 331 g/mol. The Balaban J connectivity index is -0.0000000457. The summed E-state index contributed by atoms with van der Waals surface area (Å²) < 4.78 is 0. The monoisotopic (exact) mass is 354 g/mol. The Morgan fingerprint density at radius 1 is 1.08 bits per heavy atom. The molecule has 0 spiro atoms. The van der Waals surface area contributed by atoms with Crippen molar-refractivity contribution >= 4 is 41.0 Å². The zero-order valence-electron chi connectivity index (χ0n) is 8.81. The first-order valence-electron chi connectivity index (χ1n) is 3.91. The number of nitrogens with two attached hydrogens (primary N) is 1. The van der Waals surface area contributed by atoms with Crippen LogP contribution in [0.2, 0.25) is 0 Å². The summed E-state index contributed by atoms with van der Waals surface area (Å²) in [6, 6.07) is 0. The molecule has 0 saturated carbocycles. The van der Waals surface area contributed by atoms with Gasteiger partial charge in [0, 0.05) is 5.54 Å². The lowest BCUT2D eigenvalue weighted by molar-refractivity contribution is 0.580. The van der Waals surface area contributed by atoms with Crippen LogP contribution < -0.4 is 11.1 Å². The van der Waals surface area contributed by atoms with E-state index in [1.165, 1.54) is 0 Å². The highest BCUT2D eigenvalue weighted by molar-refractivity contribution is 14.0. The van der Waals surface area contributed by atoms with E-state index in [0.29, 0.717) is 0 Å². The molecule has 4 heteroatoms. The van der Waals surface area contributed by atoms with E-state index in [9.17, 15) is 0 Å². The summed E-state index contributed by atoms with van der Waals surface area (Å²) in [6.45, 7) is 12.3. The molecule has 0 unspecified atom stereocenters. The maximum Gasteiger partial charge on any atom is 0.00686 e. The number of rotatable bonds is 2. The van der Waals surface area contributed by atoms with Gasteiger partial charge in [-0.2, -0.15) is 0 Å². The maximum atomic E-state index is 5.35. The molecule has 0 atom stereocenters. The van der Waals surface area contributed by atoms with Gasteiger partial charge in [0.25, 0.3) is 0 Å². The highest BCUT2D eigenvalue weighted by atomic mass is 127. The minimum Gasteiger partial charge on any atom is -0.326 e. The zero-order valence-corrected chi connectivity index (χ0v) is 12.9. The van der Waals surface area contributed by atoms with Crippen LogP contribution in [-0.2, 0) is 0 Å². The predicted octanol–water partition coefficient (Wildman–Crippen LogP) is 2.56. The molecule has 12 heavy (non-hydrogen) atoms. The number of hydrogen-bond acceptors (Lipinski definition) is 2. The van der Waals surface area contributed by atoms with Crippen LogP contribution in [0, 0.1) is 0 Å². The second-order valence-corrected chi connectivity index (χ2v) is 3.32. The molecule has 0 amide bonds. The number of halogens is 2. The minimum absolute atomic E-state index is 0. The van der Waals surface area contributed by atoms with Crippen molar-refractivity contribution in [2.45, 2.75) is 40.2 Å². The zero-order chi connectivity index (χ0) is 8.62. The van der Waals surface area contributed by atoms with E-state index in [4.69, 9.17) is 5.73 Å². The maximum absolute atomic E-state index is 5.35. The fourth-order valence-corrected chi connectivity index (χ4v) is 0.250. The van der Waals surface area contributed by atoms with Crippen LogP contribution >= 0.6 is 41.0 Å². The van der Waals surface area contributed by atoms with E-state index >= 15 is 0 Å². The standard InChI is InChI=1S/2C4H11N.BrH.HI/c1-4(2,3)5;1-3-5-4-2;;/h5H2,1-3H3;5H,3-4H2,1-2H3;2*1H. The molecule has 80 valence electrons. The first-order chi connectivity index (χ1) is 4.41. The van der Waals surface area contributed by atoms with Gasteiger partial charge in [-0.3, -0.25) is 0 Å². The fourth-order valence-electron chi connectivity index (χ4n) is 0.250. The molecule has 2 nitrogen and oxygen atoms in total. The van der Waals surface area contributed by atoms with Crippen molar-refractivity contribution in [2.75, 3.05) is 13.1 Å². The summed E-state index contributed by atoms with van der Waals surface area (Å²) >= 11 is 0. The van der Waals surface area contributed by atoms with E-state index in [0.717, 1.165) is 13.1 Å². The van der Waals surface area contributed by atoms with Crippen LogP contribution in [-0.4, -0.2) is 18.6 Å². The van der Waals surface area contributed by atoms with Crippen LogP contribution in [0.15, 0.2) is 0 Å². The summed E-state index contributed by atoms with van der Waals surface area (Å²) in [5.41, 5.74) is 5.35. The number of hydrogen-bond donors (Lipinski definition) is 2. The molecule has 0 aromatic carbocycles. The lowest BCUT2D eigenvalue weighted by Gasteiger charge is -2.06. The molecule has 0 radical (unpaired) electrons. The summed E-state index contributed by atoms with van der Waals surface area (Å²) in [6.07, 6.45) is 0. The smallest absolute Gasteiger partial charge is 0.00686 e. The Kier molecular flexibility index (Phi) is 28.3. The molecule has 3 N–H and O–H groups in total. The van der Waals surface area contributed by atoms with Gasteiger partial charge in [-0.05, 0) is 33.9 Å². The van der Waals surface area contributed by atoms with Crippen molar-refractivity contribution in [3.8, 4) is 0 Å². The van der Waals surface area contributed by atoms with Crippen molar-refractivity contribution in [3.63, 3.8) is 0 Å². The molecule has 0 aromatic heterocycles. The molecule has 0 saturated heterocycles. The predicted molar refractivity (Wildman–Crippen MR) is 73.9 cm³/mol. The topological polar surface area (TPSA) is 38.0 Å². The third kappa shape index (κ3) is 117. The SMILES string of the molecule is Br.CC(C)(C)N.CCNCC.I. The van der Waals surface area contributed by atoms with E-state index < -0.39 is 0 Å². The van der Waals surface area contributed by atoms with Crippen LogP contribution in [0.5, 0.6) is 0 Å². The molecule has 0 aromatic rings. The molecule has 0 heterocycles. The number of nitrogens with one attached hydrogen (secondary N) is 1. The summed E-state index contributed by atoms with van der Waals surface area (Å²) in [7, 11) is 0. The van der Waals surface area contributed by atoms with Crippen LogP contribution in [0.4, 0.5) is 0 Å². The van der Waals surface area contributed by atoms with E-state index in [1.807, 2.05) is 20.8 Å². The molecule has 0 aliphatic carbocycles. The summed E-state index contributed by atoms with van der Waals surface area (Å²) in [5, 5.41) is 3.11. The highest BCUT2D eigenvalue weighted by Crippen LogP contribution is 1.88. The first-order valence-corrected chi connectivity index (χ1v) is 3.91. The lowest BCUT2D eigenvalue weighted by atomic mass is 10.1. The largest absolute Gasteiger partial charge is 0.326 e. The minimum atomic E-state index is 0. The van der Waals surface area contributed by atoms with Crippen LogP contribution in [0.3, 0.4) is 0 Å². The lowest BCUT2D eigenvalue weighted by Crippen LogP contribution is -2.26. The van der Waals surface area contributed by atoms with Gasteiger partial charge >= 0.3 is 0 Å². The summed E-state index contributed by atoms with van der Waals surface area (Å²) in [5.74, 6) is 0. The van der Waals surface area contributed by atoms with Crippen LogP contribution in [0.1, 0.15) is 34.6 Å². The van der Waals surface area contributed by atoms with E-state index in [1.54, 1.807) is 0 Å². The average Bonchev–Trinajstić information content (AvgIpc) is 1.63. The van der Waals surface area contributed by atoms with Gasteiger partial charge in [-0.1, -0.05) is 13.8 Å². The van der Waals surface area contributed by atoms with Crippen molar-refractivity contribution in [3.05, 3.63) is 0 Å². The Bertz CT molecular complexity index is 56.6. The van der Waals surface area contributed by atoms with E-state index in [2.05, 4.69) is 19.2 Å². The van der Waals surface area contributed by atoms with Gasteiger partial charge in [-0.15, -0.1) is 41.0 Å². The fraction of sp³-hybridized carbons (Fsp3) is 1.00. The molecule has 0 rings (SSSR count). The quantitative estimate of drug-likeness (QED) is 0.748. The Morgan fingerprint density at radius 2 is 1.25 bits per heavy atom. The summed E-state index contributed by atoms with van der Waals surface area (Å²) in [4.78, 5) is 0. The third-order valence-electron chi connectivity index (χ3n) is 0.500. The molecule has 0 aliphatic heterocycles. The normalized spacial score (nSPS) is 8.50. The highest BCUT2D eigenvalue weighted by Gasteiger charge is 1.95. The van der Waals surface area contributed by atoms with Gasteiger partial charge in [0.05, 0.1) is 0 Å². The van der Waals surface area contributed by atoms with Crippen LogP contribution in [0.25, 0.3) is 0 Å². The van der Waals surface area contributed by atoms with Crippen molar-refractivity contribution in [1.82, 2.24) is 5.32 Å². The van der Waals surface area contributed by atoms with Crippen molar-refractivity contribution < 1.29 is 0 Å². The van der Waals surface area contributed by atoms with E-state index in [-0.39, 0.29) is 46.5 Å². The van der Waals surface area contributed by atoms with Gasteiger partial charge in [0.15, 0.2) is 0 Å². The van der Waals surface area contributed by atoms with Gasteiger partial charge in [0.2, 0.25) is 0 Å². The Morgan fingerprint density at radius 3 is 1.25 bits per heavy atom. The van der Waals surface area contributed by atoms with Gasteiger partial charge < -0.3 is 11.1 Å². The second-order valence-electron chi connectivity index (χ2n) is 3.32. The molecule has 0 aliphatic rings. The van der Waals surface area contributed by atoms with Crippen molar-refractivity contribution in [1.29, 1.82) is 0 Å². The first kappa shape index (κ1) is 23.2. The molecule has 0 bridgehead atoms. The van der Waals surface area contributed by atoms with Gasteiger partial charge in [-0.25, -0.2) is 0 Å². The average molecular weight is 355 g/mol. The van der Waals surface area contributed by atoms with Crippen molar-refractivity contribution in [2.24, 2.45) is 5.73 Å². The molecule has 0 fully saturated rings. The Hall–Kier alpha value is 1.13. The van der Waals surface area contributed by atoms with Gasteiger partial charge in [0.1, 0.15) is 0 Å². The molecular formula is C8H24BrIN2. The Labute approximate surface area is 105 Å².